The quantitative estimate of drug-likeness (QED) is 0.0239. The van der Waals surface area contributed by atoms with E-state index in [0.717, 1.165) is 25.7 Å². The summed E-state index contributed by atoms with van der Waals surface area (Å²) in [6.07, 6.45) is 26.8. The lowest BCUT2D eigenvalue weighted by Crippen LogP contribution is -2.60. The SMILES string of the molecule is CCCCCCCC/C=C\C/C=C\CC(O)C(=O)NC(COC1OC(CO)C(O)C(O)C1O)C(O)C(O)CCCCCCCCCCCCCCCCCCC. The van der Waals surface area contributed by atoms with E-state index in [1.165, 1.54) is 122 Å². The Kier molecular flexibility index (Phi) is 33.4. The number of hydrogen-bond acceptors (Lipinski definition) is 10. The van der Waals surface area contributed by atoms with Gasteiger partial charge in [-0.3, -0.25) is 4.79 Å². The summed E-state index contributed by atoms with van der Waals surface area (Å²) in [5.41, 5.74) is 0. The Hall–Kier alpha value is -1.41. The van der Waals surface area contributed by atoms with Gasteiger partial charge in [0, 0.05) is 6.42 Å². The zero-order valence-corrected chi connectivity index (χ0v) is 35.4. The van der Waals surface area contributed by atoms with Gasteiger partial charge in [-0.1, -0.05) is 179 Å². The smallest absolute Gasteiger partial charge is 0.249 e. The van der Waals surface area contributed by atoms with Crippen LogP contribution in [0.2, 0.25) is 0 Å². The Labute approximate surface area is 340 Å². The topological polar surface area (TPSA) is 189 Å². The van der Waals surface area contributed by atoms with Crippen molar-refractivity contribution in [3.8, 4) is 0 Å². The maximum atomic E-state index is 13.0. The zero-order chi connectivity index (χ0) is 41.2. The molecular formula is C45H85NO10. The molecule has 0 bridgehead atoms. The number of unbranched alkanes of at least 4 members (excludes halogenated alkanes) is 22. The molecule has 0 aromatic rings. The average molecular weight is 800 g/mol. The molecule has 1 amide bonds. The third-order valence-electron chi connectivity index (χ3n) is 11.0. The van der Waals surface area contributed by atoms with Crippen LogP contribution in [-0.2, 0) is 14.3 Å². The molecule has 0 spiro atoms. The summed E-state index contributed by atoms with van der Waals surface area (Å²) in [4.78, 5) is 13.0. The molecule has 1 aliphatic heterocycles. The maximum absolute atomic E-state index is 13.0. The van der Waals surface area contributed by atoms with Gasteiger partial charge in [0.2, 0.25) is 5.91 Å². The normalized spacial score (nSPS) is 22.5. The standard InChI is InChI=1S/C45H85NO10/c1-3-5-7-9-11-13-15-17-18-19-20-21-23-24-26-28-30-32-37(48)40(50)36(35-55-45-43(53)42(52)41(51)39(34-47)56-45)46-44(54)38(49)33-31-29-27-25-22-16-14-12-10-8-6-4-2/h22,25,29,31,36-43,45,47-53H,3-21,23-24,26-28,30,32-35H2,1-2H3,(H,46,54)/b25-22-,31-29-. The minimum absolute atomic E-state index is 0.0509. The lowest BCUT2D eigenvalue weighted by Gasteiger charge is -2.40. The van der Waals surface area contributed by atoms with E-state index in [9.17, 15) is 40.5 Å². The molecule has 0 aliphatic carbocycles. The number of ether oxygens (including phenoxy) is 2. The van der Waals surface area contributed by atoms with Crippen molar-refractivity contribution in [2.45, 2.75) is 242 Å². The molecule has 8 N–H and O–H groups in total. The van der Waals surface area contributed by atoms with Crippen molar-refractivity contribution < 1.29 is 50.0 Å². The van der Waals surface area contributed by atoms with Crippen molar-refractivity contribution in [3.63, 3.8) is 0 Å². The molecule has 330 valence electrons. The highest BCUT2D eigenvalue weighted by atomic mass is 16.7. The number of hydrogen-bond donors (Lipinski definition) is 8. The van der Waals surface area contributed by atoms with Crippen LogP contribution < -0.4 is 5.32 Å². The molecule has 1 heterocycles. The Morgan fingerprint density at radius 2 is 1.12 bits per heavy atom. The first-order valence-corrected chi connectivity index (χ1v) is 22.7. The fourth-order valence-electron chi connectivity index (χ4n) is 7.19. The molecular weight excluding hydrogens is 714 g/mol. The van der Waals surface area contributed by atoms with Gasteiger partial charge in [0.1, 0.15) is 36.6 Å². The lowest BCUT2D eigenvalue weighted by molar-refractivity contribution is -0.303. The molecule has 1 fully saturated rings. The number of aliphatic hydroxyl groups excluding tert-OH is 7. The van der Waals surface area contributed by atoms with Crippen molar-refractivity contribution in [3.05, 3.63) is 24.3 Å². The first-order chi connectivity index (χ1) is 27.2. The Morgan fingerprint density at radius 1 is 0.643 bits per heavy atom. The summed E-state index contributed by atoms with van der Waals surface area (Å²) in [7, 11) is 0. The van der Waals surface area contributed by atoms with E-state index in [4.69, 9.17) is 9.47 Å². The van der Waals surface area contributed by atoms with Gasteiger partial charge >= 0.3 is 0 Å². The first kappa shape index (κ1) is 52.6. The highest BCUT2D eigenvalue weighted by Crippen LogP contribution is 2.23. The zero-order valence-electron chi connectivity index (χ0n) is 35.4. The number of carbonyl (C=O) groups excluding carboxylic acids is 1. The van der Waals surface area contributed by atoms with Crippen LogP contribution in [0.5, 0.6) is 0 Å². The minimum Gasteiger partial charge on any atom is -0.394 e. The molecule has 11 heteroatoms. The highest BCUT2D eigenvalue weighted by molar-refractivity contribution is 5.81. The summed E-state index contributed by atoms with van der Waals surface area (Å²) in [6, 6.07) is -1.20. The van der Waals surface area contributed by atoms with Crippen LogP contribution in [0, 0.1) is 0 Å². The Balaban J connectivity index is 2.50. The monoisotopic (exact) mass is 800 g/mol. The van der Waals surface area contributed by atoms with Crippen LogP contribution in [0.1, 0.15) is 187 Å². The van der Waals surface area contributed by atoms with E-state index in [0.29, 0.717) is 19.3 Å². The van der Waals surface area contributed by atoms with E-state index in [1.807, 2.05) is 6.08 Å². The minimum atomic E-state index is -1.67. The number of aliphatic hydroxyl groups is 7. The molecule has 11 nitrogen and oxygen atoms in total. The maximum Gasteiger partial charge on any atom is 0.249 e. The molecule has 0 saturated carbocycles. The largest absolute Gasteiger partial charge is 0.394 e. The highest BCUT2D eigenvalue weighted by Gasteiger charge is 2.44. The molecule has 1 rings (SSSR count). The van der Waals surface area contributed by atoms with E-state index in [-0.39, 0.29) is 6.42 Å². The van der Waals surface area contributed by atoms with Crippen LogP contribution >= 0.6 is 0 Å². The summed E-state index contributed by atoms with van der Waals surface area (Å²) < 4.78 is 11.0. The van der Waals surface area contributed by atoms with Gasteiger partial charge in [0.15, 0.2) is 6.29 Å². The molecule has 9 atom stereocenters. The number of carbonyl (C=O) groups is 1. The van der Waals surface area contributed by atoms with E-state index in [1.54, 1.807) is 6.08 Å². The van der Waals surface area contributed by atoms with Crippen molar-refractivity contribution in [2.75, 3.05) is 13.2 Å². The average Bonchev–Trinajstić information content (AvgIpc) is 3.20. The second-order valence-electron chi connectivity index (χ2n) is 16.1. The molecule has 0 radical (unpaired) electrons. The van der Waals surface area contributed by atoms with Crippen LogP contribution in [0.15, 0.2) is 24.3 Å². The van der Waals surface area contributed by atoms with Gasteiger partial charge in [-0.15, -0.1) is 0 Å². The molecule has 0 aromatic heterocycles. The number of rotatable bonds is 37. The lowest BCUT2D eigenvalue weighted by atomic mass is 9.98. The van der Waals surface area contributed by atoms with Crippen LogP contribution in [-0.4, -0.2) is 110 Å². The predicted octanol–water partition coefficient (Wildman–Crippen LogP) is 7.06. The van der Waals surface area contributed by atoms with Crippen molar-refractivity contribution in [2.24, 2.45) is 0 Å². The molecule has 56 heavy (non-hydrogen) atoms. The molecule has 0 aromatic carbocycles. The third kappa shape index (κ3) is 25.2. The predicted molar refractivity (Wildman–Crippen MR) is 224 cm³/mol. The molecule has 1 aliphatic rings. The fraction of sp³-hybridized carbons (Fsp3) is 0.889. The van der Waals surface area contributed by atoms with E-state index < -0.39 is 74.2 Å². The fourth-order valence-corrected chi connectivity index (χ4v) is 7.19. The first-order valence-electron chi connectivity index (χ1n) is 22.7. The van der Waals surface area contributed by atoms with Crippen molar-refractivity contribution in [1.82, 2.24) is 5.32 Å². The summed E-state index contributed by atoms with van der Waals surface area (Å²) in [5, 5.41) is 75.4. The number of amides is 1. The van der Waals surface area contributed by atoms with Gasteiger partial charge < -0.3 is 50.5 Å². The molecule has 9 unspecified atom stereocenters. The van der Waals surface area contributed by atoms with Gasteiger partial charge in [-0.2, -0.15) is 0 Å². The Bertz CT molecular complexity index is 965. The van der Waals surface area contributed by atoms with Gasteiger partial charge in [-0.05, 0) is 25.7 Å². The van der Waals surface area contributed by atoms with Crippen LogP contribution in [0.25, 0.3) is 0 Å². The second kappa shape index (κ2) is 35.5. The van der Waals surface area contributed by atoms with Gasteiger partial charge in [0.05, 0.1) is 25.4 Å². The van der Waals surface area contributed by atoms with Crippen LogP contribution in [0.3, 0.4) is 0 Å². The number of allylic oxidation sites excluding steroid dienone is 3. The summed E-state index contributed by atoms with van der Waals surface area (Å²) in [6.45, 7) is 3.38. The van der Waals surface area contributed by atoms with E-state index in [2.05, 4.69) is 31.3 Å². The summed E-state index contributed by atoms with van der Waals surface area (Å²) in [5.74, 6) is -0.764. The van der Waals surface area contributed by atoms with E-state index >= 15 is 0 Å². The van der Waals surface area contributed by atoms with Gasteiger partial charge in [0.25, 0.3) is 0 Å². The third-order valence-corrected chi connectivity index (χ3v) is 11.0. The number of nitrogens with one attached hydrogen (secondary N) is 1. The van der Waals surface area contributed by atoms with Crippen molar-refractivity contribution >= 4 is 5.91 Å². The van der Waals surface area contributed by atoms with Gasteiger partial charge in [-0.25, -0.2) is 0 Å². The van der Waals surface area contributed by atoms with Crippen LogP contribution in [0.4, 0.5) is 0 Å². The second-order valence-corrected chi connectivity index (χ2v) is 16.1. The summed E-state index contributed by atoms with van der Waals surface area (Å²) >= 11 is 0. The van der Waals surface area contributed by atoms with Crippen molar-refractivity contribution in [1.29, 1.82) is 0 Å². The molecule has 1 saturated heterocycles. The Morgan fingerprint density at radius 3 is 1.64 bits per heavy atom.